The molecular formula is C25H19F5N4O2S. The first-order valence-corrected chi connectivity index (χ1v) is 12.4. The van der Waals surface area contributed by atoms with E-state index in [1.807, 2.05) is 6.07 Å². The molecule has 12 heteroatoms. The molecule has 1 N–H and O–H groups in total. The van der Waals surface area contributed by atoms with E-state index >= 15 is 0 Å². The van der Waals surface area contributed by atoms with Crippen LogP contribution in [0.1, 0.15) is 25.0 Å². The number of benzene rings is 2. The molecule has 0 aliphatic heterocycles. The van der Waals surface area contributed by atoms with Gasteiger partial charge in [-0.1, -0.05) is 13.0 Å². The number of alkyl halides is 3. The topological polar surface area (TPSA) is 87.8 Å². The molecule has 1 atom stereocenters. The van der Waals surface area contributed by atoms with Crippen LogP contribution in [0.4, 0.5) is 22.0 Å². The van der Waals surface area contributed by atoms with Crippen LogP contribution in [0.3, 0.4) is 0 Å². The molecule has 2 aromatic carbocycles. The van der Waals surface area contributed by atoms with E-state index in [9.17, 15) is 35.6 Å². The van der Waals surface area contributed by atoms with E-state index in [0.717, 1.165) is 12.3 Å². The summed E-state index contributed by atoms with van der Waals surface area (Å²) in [5.74, 6) is -1.10. The molecule has 6 nitrogen and oxygen atoms in total. The molecule has 2 heterocycles. The maximum Gasteiger partial charge on any atom is 0.404 e. The number of fused-ring (bicyclic) bond motifs is 1. The number of rotatable bonds is 6. The lowest BCUT2D eigenvalue weighted by Gasteiger charge is -2.17. The Bertz CT molecular complexity index is 1640. The zero-order valence-electron chi connectivity index (χ0n) is 19.4. The van der Waals surface area contributed by atoms with Crippen LogP contribution < -0.4 is 4.72 Å². The first-order chi connectivity index (χ1) is 17.4. The lowest BCUT2D eigenvalue weighted by molar-refractivity contribution is -0.147. The fourth-order valence-corrected chi connectivity index (χ4v) is 5.08. The number of nitriles is 1. The molecule has 0 saturated carbocycles. The lowest BCUT2D eigenvalue weighted by Crippen LogP contribution is -2.42. The summed E-state index contributed by atoms with van der Waals surface area (Å²) in [6.07, 6.45) is -3.59. The molecule has 0 amide bonds. The average molecular weight is 535 g/mol. The van der Waals surface area contributed by atoms with E-state index in [1.54, 1.807) is 23.8 Å². The molecule has 192 valence electrons. The van der Waals surface area contributed by atoms with Gasteiger partial charge < -0.3 is 4.57 Å². The van der Waals surface area contributed by atoms with E-state index in [4.69, 9.17) is 0 Å². The van der Waals surface area contributed by atoms with Gasteiger partial charge in [0, 0.05) is 17.3 Å². The summed E-state index contributed by atoms with van der Waals surface area (Å²) in [5.41, 5.74) is 1.27. The third-order valence-electron chi connectivity index (χ3n) is 5.81. The van der Waals surface area contributed by atoms with E-state index in [1.165, 1.54) is 34.9 Å². The Kier molecular flexibility index (Phi) is 6.79. The molecule has 0 radical (unpaired) electrons. The van der Waals surface area contributed by atoms with Crippen molar-refractivity contribution in [1.82, 2.24) is 14.3 Å². The normalized spacial score (nSPS) is 13.0. The minimum absolute atomic E-state index is 0.00717. The fourth-order valence-electron chi connectivity index (χ4n) is 3.91. The van der Waals surface area contributed by atoms with Gasteiger partial charge in [-0.25, -0.2) is 17.2 Å². The number of hydrogen-bond acceptors (Lipinski definition) is 4. The van der Waals surface area contributed by atoms with Gasteiger partial charge in [0.2, 0.25) is 10.0 Å². The molecule has 1 unspecified atom stereocenters. The van der Waals surface area contributed by atoms with Crippen LogP contribution in [-0.4, -0.2) is 30.2 Å². The summed E-state index contributed by atoms with van der Waals surface area (Å²) in [6, 6.07) is 10.1. The zero-order valence-corrected chi connectivity index (χ0v) is 20.3. The first-order valence-electron chi connectivity index (χ1n) is 11.0. The summed E-state index contributed by atoms with van der Waals surface area (Å²) in [4.78, 5) is 3.57. The van der Waals surface area contributed by atoms with Crippen LogP contribution in [0.2, 0.25) is 0 Å². The standard InChI is InChI=1S/C25H19F5N4O2S/c1-3-15-9-23-19(11-21(15)27)20(12-31)24(34(23)17-6-4-5-16(26)10-17)22-8-7-18(13-32-22)37(35,36)33-14(2)25(28,29)30/h4-11,13-14,33H,3H2,1-2H3. The van der Waals surface area contributed by atoms with Crippen molar-refractivity contribution in [2.75, 3.05) is 0 Å². The summed E-state index contributed by atoms with van der Waals surface area (Å²) in [5, 5.41) is 10.2. The van der Waals surface area contributed by atoms with Crippen LogP contribution in [0.25, 0.3) is 28.0 Å². The molecule has 0 aliphatic rings. The third kappa shape index (κ3) is 4.92. The van der Waals surface area contributed by atoms with Crippen LogP contribution in [0.15, 0.2) is 59.6 Å². The Labute approximate surface area is 209 Å². The van der Waals surface area contributed by atoms with Crippen LogP contribution >= 0.6 is 0 Å². The van der Waals surface area contributed by atoms with E-state index < -0.39 is 38.8 Å². The maximum atomic E-state index is 14.7. The van der Waals surface area contributed by atoms with Crippen molar-refractivity contribution in [1.29, 1.82) is 5.26 Å². The summed E-state index contributed by atoms with van der Waals surface area (Å²) >= 11 is 0. The van der Waals surface area contributed by atoms with Gasteiger partial charge in [0.1, 0.15) is 28.6 Å². The second-order valence-electron chi connectivity index (χ2n) is 8.23. The lowest BCUT2D eigenvalue weighted by atomic mass is 10.1. The number of aromatic nitrogens is 2. The Balaban J connectivity index is 1.93. The number of nitrogens with zero attached hydrogens (tertiary/aromatic N) is 3. The predicted molar refractivity (Wildman–Crippen MR) is 126 cm³/mol. The smallest absolute Gasteiger partial charge is 0.306 e. The SMILES string of the molecule is CCc1cc2c(cc1F)c(C#N)c(-c1ccc(S(=O)(=O)NC(C)C(F)(F)F)cn1)n2-c1cccc(F)c1. The molecule has 37 heavy (non-hydrogen) atoms. The summed E-state index contributed by atoms with van der Waals surface area (Å²) in [7, 11) is -4.57. The molecule has 0 saturated heterocycles. The molecule has 4 aromatic rings. The second-order valence-corrected chi connectivity index (χ2v) is 9.94. The quantitative estimate of drug-likeness (QED) is 0.325. The highest BCUT2D eigenvalue weighted by molar-refractivity contribution is 7.89. The Morgan fingerprint density at radius 3 is 2.43 bits per heavy atom. The van der Waals surface area contributed by atoms with E-state index in [-0.39, 0.29) is 22.3 Å². The van der Waals surface area contributed by atoms with Gasteiger partial charge in [0.15, 0.2) is 0 Å². The Hall–Kier alpha value is -3.82. The van der Waals surface area contributed by atoms with Crippen molar-refractivity contribution in [3.05, 3.63) is 77.5 Å². The third-order valence-corrected chi connectivity index (χ3v) is 7.33. The van der Waals surface area contributed by atoms with Gasteiger partial charge in [0.25, 0.3) is 0 Å². The first kappa shape index (κ1) is 26.2. The number of pyridine rings is 1. The molecular weight excluding hydrogens is 515 g/mol. The Morgan fingerprint density at radius 2 is 1.86 bits per heavy atom. The summed E-state index contributed by atoms with van der Waals surface area (Å²) < 4.78 is 95.3. The maximum absolute atomic E-state index is 14.7. The Morgan fingerprint density at radius 1 is 1.14 bits per heavy atom. The zero-order chi connectivity index (χ0) is 27.1. The summed E-state index contributed by atoms with van der Waals surface area (Å²) in [6.45, 7) is 2.42. The van der Waals surface area contributed by atoms with Gasteiger partial charge in [-0.3, -0.25) is 4.98 Å². The van der Waals surface area contributed by atoms with Gasteiger partial charge in [0.05, 0.1) is 22.5 Å². The number of sulfonamides is 1. The average Bonchev–Trinajstić information content (AvgIpc) is 3.15. The van der Waals surface area contributed by atoms with Gasteiger partial charge in [-0.05, 0) is 61.4 Å². The molecule has 0 spiro atoms. The highest BCUT2D eigenvalue weighted by Crippen LogP contribution is 2.37. The highest BCUT2D eigenvalue weighted by atomic mass is 32.2. The van der Waals surface area contributed by atoms with Crippen molar-refractivity contribution in [2.45, 2.75) is 37.4 Å². The minimum Gasteiger partial charge on any atom is -0.306 e. The molecule has 0 aliphatic carbocycles. The van der Waals surface area contributed by atoms with Crippen LogP contribution in [0, 0.1) is 23.0 Å². The van der Waals surface area contributed by atoms with Crippen molar-refractivity contribution < 1.29 is 30.4 Å². The monoisotopic (exact) mass is 534 g/mol. The van der Waals surface area contributed by atoms with Crippen molar-refractivity contribution >= 4 is 20.9 Å². The number of hydrogen-bond donors (Lipinski definition) is 1. The van der Waals surface area contributed by atoms with Crippen molar-refractivity contribution in [3.63, 3.8) is 0 Å². The molecule has 4 rings (SSSR count). The number of aryl methyl sites for hydroxylation is 1. The largest absolute Gasteiger partial charge is 0.404 e. The predicted octanol–water partition coefficient (Wildman–Crippen LogP) is 5.63. The van der Waals surface area contributed by atoms with Gasteiger partial charge in [-0.15, -0.1) is 0 Å². The number of halogens is 5. The van der Waals surface area contributed by atoms with Gasteiger partial charge >= 0.3 is 6.18 Å². The molecule has 0 fully saturated rings. The van der Waals surface area contributed by atoms with Crippen LogP contribution in [-0.2, 0) is 16.4 Å². The minimum atomic E-state index is -4.79. The van der Waals surface area contributed by atoms with E-state index in [0.29, 0.717) is 30.1 Å². The highest BCUT2D eigenvalue weighted by Gasteiger charge is 2.39. The second kappa shape index (κ2) is 9.57. The fraction of sp³-hybridized carbons (Fsp3) is 0.200. The van der Waals surface area contributed by atoms with Crippen molar-refractivity contribution in [2.24, 2.45) is 0 Å². The van der Waals surface area contributed by atoms with Crippen molar-refractivity contribution in [3.8, 4) is 23.1 Å². The van der Waals surface area contributed by atoms with Gasteiger partial charge in [-0.2, -0.15) is 23.2 Å². The van der Waals surface area contributed by atoms with E-state index in [2.05, 4.69) is 4.98 Å². The van der Waals surface area contributed by atoms with Crippen LogP contribution in [0.5, 0.6) is 0 Å². The molecule has 0 bridgehead atoms. The number of nitrogens with one attached hydrogen (secondary N) is 1. The molecule has 2 aromatic heterocycles.